The van der Waals surface area contributed by atoms with Crippen LogP contribution in [0.25, 0.3) is 10.9 Å². The Balaban J connectivity index is 1.72. The summed E-state index contributed by atoms with van der Waals surface area (Å²) in [4.78, 5) is 0.297. The highest BCUT2D eigenvalue weighted by atomic mass is 32.2. The van der Waals surface area contributed by atoms with Crippen molar-refractivity contribution in [1.82, 2.24) is 4.72 Å². The van der Waals surface area contributed by atoms with Crippen LogP contribution in [-0.4, -0.2) is 15.0 Å². The summed E-state index contributed by atoms with van der Waals surface area (Å²) in [5, 5.41) is 1.14. The summed E-state index contributed by atoms with van der Waals surface area (Å²) in [6, 6.07) is 18.9. The van der Waals surface area contributed by atoms with Crippen molar-refractivity contribution < 1.29 is 13.0 Å². The van der Waals surface area contributed by atoms with Gasteiger partial charge in [-0.15, -0.1) is 0 Å². The van der Waals surface area contributed by atoms with Gasteiger partial charge in [0, 0.05) is 17.5 Å². The molecule has 2 aromatic carbocycles. The third kappa shape index (κ3) is 3.57. The quantitative estimate of drug-likeness (QED) is 0.732. The van der Waals surface area contributed by atoms with Crippen molar-refractivity contribution in [2.24, 2.45) is 0 Å². The number of fused-ring (bicyclic) bond motifs is 1. The van der Waals surface area contributed by atoms with Crippen LogP contribution in [0.4, 0.5) is 0 Å². The molecule has 3 aromatic rings. The first-order chi connectivity index (χ1) is 11.1. The van der Waals surface area contributed by atoms with E-state index >= 15 is 0 Å². The minimum absolute atomic E-state index is 0.297. The van der Waals surface area contributed by atoms with Crippen molar-refractivity contribution in [3.8, 4) is 0 Å². The van der Waals surface area contributed by atoms with Crippen molar-refractivity contribution >= 4 is 20.9 Å². The fraction of sp³-hybridized carbons (Fsp3) is 0.167. The molecule has 4 nitrogen and oxygen atoms in total. The minimum Gasteiger partial charge on any atom is -0.207 e. The lowest BCUT2D eigenvalue weighted by atomic mass is 10.2. The highest BCUT2D eigenvalue weighted by Gasteiger charge is 2.14. The van der Waals surface area contributed by atoms with E-state index in [9.17, 15) is 8.42 Å². The molecule has 23 heavy (non-hydrogen) atoms. The number of benzene rings is 2. The maximum Gasteiger partial charge on any atom is 0.240 e. The molecule has 0 aliphatic heterocycles. The zero-order valence-electron chi connectivity index (χ0n) is 12.9. The monoisotopic (exact) mass is 327 g/mol. The lowest BCUT2D eigenvalue weighted by Gasteiger charge is -2.06. The van der Waals surface area contributed by atoms with Gasteiger partial charge in [0.1, 0.15) is 0 Å². The van der Waals surface area contributed by atoms with Crippen molar-refractivity contribution in [3.05, 3.63) is 72.4 Å². The minimum atomic E-state index is -3.46. The highest BCUT2D eigenvalue weighted by Crippen LogP contribution is 2.10. The number of sulfonamides is 1. The number of aromatic nitrogens is 1. The number of pyridine rings is 1. The van der Waals surface area contributed by atoms with E-state index in [1.807, 2.05) is 54.1 Å². The molecule has 0 fully saturated rings. The second-order valence-electron chi connectivity index (χ2n) is 5.47. The Morgan fingerprint density at radius 1 is 0.957 bits per heavy atom. The molecule has 0 spiro atoms. The lowest BCUT2D eigenvalue weighted by Crippen LogP contribution is -2.40. The molecule has 0 bridgehead atoms. The van der Waals surface area contributed by atoms with E-state index in [0.717, 1.165) is 16.5 Å². The van der Waals surface area contributed by atoms with Crippen LogP contribution >= 0.6 is 0 Å². The van der Waals surface area contributed by atoms with Crippen molar-refractivity contribution in [2.45, 2.75) is 18.4 Å². The molecule has 118 valence electrons. The van der Waals surface area contributed by atoms with E-state index in [-0.39, 0.29) is 0 Å². The molecule has 5 heteroatoms. The number of nitrogens with one attached hydrogen (secondary N) is 1. The van der Waals surface area contributed by atoms with Gasteiger partial charge in [0.15, 0.2) is 12.7 Å². The fourth-order valence-electron chi connectivity index (χ4n) is 2.52. The lowest BCUT2D eigenvalue weighted by molar-refractivity contribution is -0.669. The molecule has 0 radical (unpaired) electrons. The maximum atomic E-state index is 12.3. The summed E-state index contributed by atoms with van der Waals surface area (Å²) >= 11 is 0. The van der Waals surface area contributed by atoms with Gasteiger partial charge in [-0.05, 0) is 31.2 Å². The number of hydrogen-bond donors (Lipinski definition) is 1. The average Bonchev–Trinajstić information content (AvgIpc) is 2.55. The third-order valence-electron chi connectivity index (χ3n) is 3.76. The predicted octanol–water partition coefficient (Wildman–Crippen LogP) is 2.41. The van der Waals surface area contributed by atoms with Crippen LogP contribution in [0.2, 0.25) is 0 Å². The van der Waals surface area contributed by atoms with Crippen molar-refractivity contribution in [2.75, 3.05) is 6.54 Å². The van der Waals surface area contributed by atoms with Gasteiger partial charge in [-0.1, -0.05) is 29.8 Å². The Kier molecular flexibility index (Phi) is 4.41. The molecular formula is C18H19N2O2S+. The van der Waals surface area contributed by atoms with E-state index in [4.69, 9.17) is 0 Å². The number of para-hydroxylation sites is 1. The van der Waals surface area contributed by atoms with E-state index in [1.165, 1.54) is 0 Å². The summed E-state index contributed by atoms with van der Waals surface area (Å²) in [6.07, 6.45) is 1.96. The van der Waals surface area contributed by atoms with Gasteiger partial charge >= 0.3 is 0 Å². The van der Waals surface area contributed by atoms with Gasteiger partial charge < -0.3 is 0 Å². The van der Waals surface area contributed by atoms with Crippen LogP contribution in [0, 0.1) is 6.92 Å². The summed E-state index contributed by atoms with van der Waals surface area (Å²) in [7, 11) is -3.46. The Morgan fingerprint density at radius 3 is 2.43 bits per heavy atom. The first kappa shape index (κ1) is 15.6. The largest absolute Gasteiger partial charge is 0.240 e. The standard InChI is InChI=1S/C18H19N2O2S/c1-15-8-10-17(11-9-15)23(21,22)19-12-14-20-13-4-6-16-5-2-3-7-18(16)20/h2-11,13,19H,12,14H2,1H3/q+1. The Bertz CT molecular complexity index is 914. The van der Waals surface area contributed by atoms with E-state index in [0.29, 0.717) is 18.0 Å². The first-order valence-corrected chi connectivity index (χ1v) is 8.98. The maximum absolute atomic E-state index is 12.3. The van der Waals surface area contributed by atoms with Gasteiger partial charge in [-0.3, -0.25) is 0 Å². The predicted molar refractivity (Wildman–Crippen MR) is 90.5 cm³/mol. The molecule has 0 amide bonds. The van der Waals surface area contributed by atoms with Crippen LogP contribution < -0.4 is 9.29 Å². The smallest absolute Gasteiger partial charge is 0.207 e. The Labute approximate surface area is 136 Å². The molecule has 0 saturated heterocycles. The summed E-state index contributed by atoms with van der Waals surface area (Å²) in [6.45, 7) is 2.85. The molecule has 0 saturated carbocycles. The molecule has 3 rings (SSSR count). The van der Waals surface area contributed by atoms with Gasteiger partial charge in [-0.2, -0.15) is 4.57 Å². The second kappa shape index (κ2) is 6.48. The highest BCUT2D eigenvalue weighted by molar-refractivity contribution is 7.89. The Hall–Kier alpha value is -2.24. The average molecular weight is 327 g/mol. The third-order valence-corrected chi connectivity index (χ3v) is 5.24. The topological polar surface area (TPSA) is 50.1 Å². The normalized spacial score (nSPS) is 11.7. The number of nitrogens with zero attached hydrogens (tertiary/aromatic N) is 1. The second-order valence-corrected chi connectivity index (χ2v) is 7.24. The van der Waals surface area contributed by atoms with E-state index in [1.54, 1.807) is 24.3 Å². The van der Waals surface area contributed by atoms with Crippen LogP contribution in [0.15, 0.2) is 71.8 Å². The van der Waals surface area contributed by atoms with E-state index < -0.39 is 10.0 Å². The summed E-state index contributed by atoms with van der Waals surface area (Å²) < 4.78 is 29.3. The molecule has 0 unspecified atom stereocenters. The first-order valence-electron chi connectivity index (χ1n) is 7.50. The molecule has 0 aliphatic rings. The zero-order chi connectivity index (χ0) is 16.3. The zero-order valence-corrected chi connectivity index (χ0v) is 13.8. The summed E-state index contributed by atoms with van der Waals surface area (Å²) in [5.74, 6) is 0. The summed E-state index contributed by atoms with van der Waals surface area (Å²) in [5.41, 5.74) is 2.12. The SMILES string of the molecule is Cc1ccc(S(=O)(=O)NCC[n+]2cccc3ccccc32)cc1. The van der Waals surface area contributed by atoms with Crippen LogP contribution in [0.3, 0.4) is 0 Å². The van der Waals surface area contributed by atoms with Gasteiger partial charge in [0.25, 0.3) is 0 Å². The molecule has 0 aliphatic carbocycles. The number of hydrogen-bond acceptors (Lipinski definition) is 2. The Morgan fingerprint density at radius 2 is 1.65 bits per heavy atom. The van der Waals surface area contributed by atoms with Crippen molar-refractivity contribution in [3.63, 3.8) is 0 Å². The van der Waals surface area contributed by atoms with Crippen molar-refractivity contribution in [1.29, 1.82) is 0 Å². The van der Waals surface area contributed by atoms with Gasteiger partial charge in [-0.25, -0.2) is 13.1 Å². The van der Waals surface area contributed by atoms with Crippen LogP contribution in [0.5, 0.6) is 0 Å². The molecule has 1 aromatic heterocycles. The molecule has 1 heterocycles. The fourth-order valence-corrected chi connectivity index (χ4v) is 3.54. The molecule has 1 N–H and O–H groups in total. The van der Waals surface area contributed by atoms with Crippen LogP contribution in [-0.2, 0) is 16.6 Å². The van der Waals surface area contributed by atoms with Gasteiger partial charge in [0.05, 0.1) is 11.4 Å². The number of aryl methyl sites for hydroxylation is 1. The van der Waals surface area contributed by atoms with Crippen LogP contribution in [0.1, 0.15) is 5.56 Å². The molecule has 0 atom stereocenters. The number of rotatable bonds is 5. The molecular weight excluding hydrogens is 308 g/mol. The van der Waals surface area contributed by atoms with E-state index in [2.05, 4.69) is 4.72 Å². The van der Waals surface area contributed by atoms with Gasteiger partial charge in [0.2, 0.25) is 15.5 Å².